The molecule has 0 radical (unpaired) electrons. The minimum atomic E-state index is -0.576. The van der Waals surface area contributed by atoms with Gasteiger partial charge in [-0.25, -0.2) is 0 Å². The van der Waals surface area contributed by atoms with Gasteiger partial charge in [0.05, 0.1) is 6.54 Å². The lowest BCUT2D eigenvalue weighted by atomic mass is 10.3. The molecule has 0 bridgehead atoms. The van der Waals surface area contributed by atoms with Gasteiger partial charge in [0.25, 0.3) is 9.41 Å². The molecule has 68 valence electrons. The summed E-state index contributed by atoms with van der Waals surface area (Å²) in [5.41, 5.74) is 0. The predicted molar refractivity (Wildman–Crippen MR) is 52.8 cm³/mol. The monoisotopic (exact) mass is 183 g/mol. The topological polar surface area (TPSA) is 20.3 Å². The second kappa shape index (κ2) is 8.63. The van der Waals surface area contributed by atoms with Crippen LogP contribution < -0.4 is 0 Å². The van der Waals surface area contributed by atoms with Crippen LogP contribution in [0.2, 0.25) is 6.04 Å². The number of nitrogens with zero attached hydrogens (tertiary/aromatic N) is 1. The van der Waals surface area contributed by atoms with Gasteiger partial charge in [0.1, 0.15) is 0 Å². The third kappa shape index (κ3) is 6.26. The number of rotatable bonds is 7. The third-order valence-corrected chi connectivity index (χ3v) is 2.29. The zero-order valence-corrected chi connectivity index (χ0v) is 8.91. The Morgan fingerprint density at radius 2 is 2.25 bits per heavy atom. The second-order valence-electron chi connectivity index (χ2n) is 2.79. The lowest BCUT2D eigenvalue weighted by molar-refractivity contribution is 0.308. The fourth-order valence-corrected chi connectivity index (χ4v) is 1.46. The van der Waals surface area contributed by atoms with E-state index in [1.165, 1.54) is 0 Å². The van der Waals surface area contributed by atoms with Gasteiger partial charge >= 0.3 is 0 Å². The van der Waals surface area contributed by atoms with Crippen molar-refractivity contribution in [1.29, 1.82) is 0 Å². The molecular weight excluding hydrogens is 166 g/mol. The molecule has 0 rings (SSSR count). The average molecular weight is 183 g/mol. The molecule has 0 aliphatic heterocycles. The quantitative estimate of drug-likeness (QED) is 0.332. The molecule has 12 heavy (non-hydrogen) atoms. The molecule has 0 fully saturated rings. The highest BCUT2D eigenvalue weighted by Crippen LogP contribution is 1.95. The van der Waals surface area contributed by atoms with Gasteiger partial charge in [-0.3, -0.25) is 4.90 Å². The third-order valence-electron chi connectivity index (χ3n) is 1.65. The Balaban J connectivity index is 3.49. The van der Waals surface area contributed by atoms with E-state index in [0.29, 0.717) is 0 Å². The summed E-state index contributed by atoms with van der Waals surface area (Å²) in [6.07, 6.45) is 7.36. The van der Waals surface area contributed by atoms with Crippen LogP contribution in [0.1, 0.15) is 19.8 Å². The highest BCUT2D eigenvalue weighted by molar-refractivity contribution is 6.16. The lowest BCUT2D eigenvalue weighted by Gasteiger charge is -2.17. The Morgan fingerprint density at radius 1 is 1.50 bits per heavy atom. The highest BCUT2D eigenvalue weighted by atomic mass is 28.2. The van der Waals surface area contributed by atoms with Crippen LogP contribution in [-0.2, 0) is 4.46 Å². The molecule has 0 unspecified atom stereocenters. The first-order chi connectivity index (χ1) is 5.85. The number of terminal acetylenes is 1. The van der Waals surface area contributed by atoms with E-state index in [-0.39, 0.29) is 0 Å². The zero-order valence-electron chi connectivity index (χ0n) is 7.75. The van der Waals surface area contributed by atoms with Crippen LogP contribution in [0.25, 0.3) is 0 Å². The molecule has 0 saturated carbocycles. The molecular formula is C9H17NOSi. The van der Waals surface area contributed by atoms with E-state index in [4.69, 9.17) is 6.42 Å². The van der Waals surface area contributed by atoms with Crippen LogP contribution in [0, 0.1) is 12.3 Å². The standard InChI is InChI=1S/C9H17NOSi/c1-3-6-10(7-4-2)8-5-9-12-11/h1,12H,4-9H2,2H3. The first-order valence-electron chi connectivity index (χ1n) is 4.44. The van der Waals surface area contributed by atoms with E-state index in [1.807, 2.05) is 0 Å². The fourth-order valence-electron chi connectivity index (χ4n) is 1.11. The van der Waals surface area contributed by atoms with Crippen LogP contribution in [0.4, 0.5) is 0 Å². The van der Waals surface area contributed by atoms with Gasteiger partial charge < -0.3 is 4.46 Å². The summed E-state index contributed by atoms with van der Waals surface area (Å²) in [6.45, 7) is 4.91. The Morgan fingerprint density at radius 3 is 2.75 bits per heavy atom. The van der Waals surface area contributed by atoms with Crippen molar-refractivity contribution < 1.29 is 4.46 Å². The molecule has 0 spiro atoms. The summed E-state index contributed by atoms with van der Waals surface area (Å²) in [5.74, 6) is 2.63. The van der Waals surface area contributed by atoms with Gasteiger partial charge in [-0.1, -0.05) is 12.8 Å². The maximum absolute atomic E-state index is 10.3. The van der Waals surface area contributed by atoms with Gasteiger partial charge in [0, 0.05) is 0 Å². The SMILES string of the molecule is C#CCN(CCC)CCC[SiH]=O. The van der Waals surface area contributed by atoms with E-state index in [1.54, 1.807) is 0 Å². The van der Waals surface area contributed by atoms with Crippen LogP contribution in [0.3, 0.4) is 0 Å². The molecule has 0 aromatic heterocycles. The van der Waals surface area contributed by atoms with Crippen LogP contribution in [-0.4, -0.2) is 33.9 Å². The van der Waals surface area contributed by atoms with Gasteiger partial charge in [-0.2, -0.15) is 0 Å². The summed E-state index contributed by atoms with van der Waals surface area (Å²) >= 11 is 0. The highest BCUT2D eigenvalue weighted by Gasteiger charge is 2.00. The van der Waals surface area contributed by atoms with Crippen molar-refractivity contribution in [3.63, 3.8) is 0 Å². The first kappa shape index (κ1) is 11.5. The summed E-state index contributed by atoms with van der Waals surface area (Å²) in [4.78, 5) is 2.23. The van der Waals surface area contributed by atoms with Crippen LogP contribution in [0.15, 0.2) is 0 Å². The van der Waals surface area contributed by atoms with Gasteiger partial charge in [-0.05, 0) is 32.0 Å². The molecule has 0 N–H and O–H groups in total. The predicted octanol–water partition coefficient (Wildman–Crippen LogP) is 0.922. The Labute approximate surface area is 77.2 Å². The van der Waals surface area contributed by atoms with Crippen molar-refractivity contribution in [1.82, 2.24) is 4.90 Å². The van der Waals surface area contributed by atoms with Crippen molar-refractivity contribution >= 4 is 9.41 Å². The van der Waals surface area contributed by atoms with E-state index in [2.05, 4.69) is 17.7 Å². The van der Waals surface area contributed by atoms with Crippen molar-refractivity contribution in [2.75, 3.05) is 19.6 Å². The summed E-state index contributed by atoms with van der Waals surface area (Å²) in [7, 11) is -0.576. The van der Waals surface area contributed by atoms with E-state index >= 15 is 0 Å². The van der Waals surface area contributed by atoms with Crippen molar-refractivity contribution in [2.24, 2.45) is 0 Å². The molecule has 0 aromatic carbocycles. The maximum Gasteiger partial charge on any atom is 0.261 e. The van der Waals surface area contributed by atoms with Crippen LogP contribution >= 0.6 is 0 Å². The lowest BCUT2D eigenvalue weighted by Crippen LogP contribution is -2.26. The van der Waals surface area contributed by atoms with Gasteiger partial charge in [0.15, 0.2) is 0 Å². The Hall–Kier alpha value is -0.463. The van der Waals surface area contributed by atoms with E-state index in [0.717, 1.165) is 38.5 Å². The van der Waals surface area contributed by atoms with Gasteiger partial charge in [0.2, 0.25) is 0 Å². The van der Waals surface area contributed by atoms with E-state index in [9.17, 15) is 4.46 Å². The number of hydrogen-bond donors (Lipinski definition) is 0. The Bertz CT molecular complexity index is 153. The minimum Gasteiger partial charge on any atom is -0.392 e. The zero-order chi connectivity index (χ0) is 9.23. The second-order valence-corrected chi connectivity index (χ2v) is 3.70. The summed E-state index contributed by atoms with van der Waals surface area (Å²) in [5, 5.41) is 0. The molecule has 0 aliphatic rings. The van der Waals surface area contributed by atoms with Crippen molar-refractivity contribution in [2.45, 2.75) is 25.8 Å². The number of hydrogen-bond acceptors (Lipinski definition) is 2. The molecule has 0 amide bonds. The molecule has 0 aromatic rings. The molecule has 0 atom stereocenters. The van der Waals surface area contributed by atoms with E-state index < -0.39 is 9.41 Å². The minimum absolute atomic E-state index is 0.576. The Kier molecular flexibility index (Phi) is 8.30. The van der Waals surface area contributed by atoms with Crippen LogP contribution in [0.5, 0.6) is 0 Å². The smallest absolute Gasteiger partial charge is 0.261 e. The fraction of sp³-hybridized carbons (Fsp3) is 0.778. The largest absolute Gasteiger partial charge is 0.392 e. The summed E-state index contributed by atoms with van der Waals surface area (Å²) in [6, 6.07) is 0.852. The average Bonchev–Trinajstić information content (AvgIpc) is 2.06. The van der Waals surface area contributed by atoms with Gasteiger partial charge in [-0.15, -0.1) is 6.42 Å². The van der Waals surface area contributed by atoms with Crippen molar-refractivity contribution in [3.05, 3.63) is 0 Å². The van der Waals surface area contributed by atoms with Crippen molar-refractivity contribution in [3.8, 4) is 12.3 Å². The molecule has 3 heteroatoms. The normalized spacial score (nSPS) is 9.75. The molecule has 2 nitrogen and oxygen atoms in total. The molecule has 0 heterocycles. The molecule has 0 aliphatic carbocycles. The first-order valence-corrected chi connectivity index (χ1v) is 5.73. The summed E-state index contributed by atoms with van der Waals surface area (Å²) < 4.78 is 10.3. The molecule has 0 saturated heterocycles. The maximum atomic E-state index is 10.3.